The molecule has 1 saturated heterocycles. The zero-order valence-electron chi connectivity index (χ0n) is 19.6. The Hall–Kier alpha value is -3.01. The van der Waals surface area contributed by atoms with E-state index in [1.165, 1.54) is 0 Å². The molecule has 9 nitrogen and oxygen atoms in total. The molecule has 4 heterocycles. The van der Waals surface area contributed by atoms with Gasteiger partial charge in [0.05, 0.1) is 17.9 Å². The molecule has 3 aromatic rings. The first-order valence-corrected chi connectivity index (χ1v) is 13.0. The summed E-state index contributed by atoms with van der Waals surface area (Å²) in [5.74, 6) is 1.07. The van der Waals surface area contributed by atoms with Gasteiger partial charge >= 0.3 is 0 Å². The van der Waals surface area contributed by atoms with Crippen molar-refractivity contribution in [2.75, 3.05) is 13.1 Å². The molecule has 0 aromatic carbocycles. The van der Waals surface area contributed by atoms with E-state index in [0.29, 0.717) is 30.5 Å². The van der Waals surface area contributed by atoms with Gasteiger partial charge in [-0.1, -0.05) is 13.8 Å². The van der Waals surface area contributed by atoms with Crippen LogP contribution in [-0.2, 0) is 4.79 Å². The average Bonchev–Trinajstić information content (AvgIpc) is 3.48. The van der Waals surface area contributed by atoms with Crippen LogP contribution in [0.5, 0.6) is 5.88 Å². The number of carbonyl (C=O) groups is 2. The molecule has 1 saturated carbocycles. The predicted octanol–water partition coefficient (Wildman–Crippen LogP) is 3.55. The molecule has 0 atom stereocenters. The lowest BCUT2D eigenvalue weighted by Gasteiger charge is -2.32. The van der Waals surface area contributed by atoms with E-state index in [0.717, 1.165) is 48.9 Å². The fraction of sp³-hybridized carbons (Fsp3) is 0.542. The molecule has 1 N–H and O–H groups in total. The number of likely N-dealkylation sites (tertiary alicyclic amines) is 1. The second-order valence-electron chi connectivity index (χ2n) is 9.03. The number of hydrogen-bond acceptors (Lipinski definition) is 7. The molecule has 2 amide bonds. The molecule has 180 valence electrons. The number of fused-ring (bicyclic) bond motifs is 1. The number of thiazole rings is 1. The molecule has 0 bridgehead atoms. The Morgan fingerprint density at radius 1 is 1.18 bits per heavy atom. The predicted molar refractivity (Wildman–Crippen MR) is 129 cm³/mol. The zero-order valence-corrected chi connectivity index (χ0v) is 20.4. The van der Waals surface area contributed by atoms with E-state index in [9.17, 15) is 9.59 Å². The summed E-state index contributed by atoms with van der Waals surface area (Å²) in [5.41, 5.74) is 1.10. The van der Waals surface area contributed by atoms with Crippen molar-refractivity contribution >= 4 is 28.0 Å². The average molecular weight is 483 g/mol. The number of nitrogens with zero attached hydrogens (tertiary/aromatic N) is 5. The number of ether oxygens (including phenoxy) is 1. The highest BCUT2D eigenvalue weighted by atomic mass is 32.1. The maximum absolute atomic E-state index is 13.4. The maximum atomic E-state index is 13.4. The first-order valence-electron chi connectivity index (χ1n) is 12.1. The Labute approximate surface area is 202 Å². The fourth-order valence-electron chi connectivity index (χ4n) is 4.28. The van der Waals surface area contributed by atoms with Gasteiger partial charge in [0.1, 0.15) is 10.5 Å². The van der Waals surface area contributed by atoms with Gasteiger partial charge in [-0.05, 0) is 38.5 Å². The number of piperidine rings is 1. The van der Waals surface area contributed by atoms with Gasteiger partial charge in [0.25, 0.3) is 5.91 Å². The Kier molecular flexibility index (Phi) is 6.49. The van der Waals surface area contributed by atoms with Gasteiger partial charge in [0, 0.05) is 42.7 Å². The van der Waals surface area contributed by atoms with Crippen molar-refractivity contribution in [3.05, 3.63) is 29.5 Å². The molecule has 0 unspecified atom stereocenters. The third-order valence-electron chi connectivity index (χ3n) is 6.57. The molecule has 0 spiro atoms. The summed E-state index contributed by atoms with van der Waals surface area (Å²) < 4.78 is 7.90. The fourth-order valence-corrected chi connectivity index (χ4v) is 5.07. The number of carbonyl (C=O) groups excluding carboxylic acids is 2. The monoisotopic (exact) mass is 482 g/mol. The summed E-state index contributed by atoms with van der Waals surface area (Å²) in [4.78, 5) is 37.5. The highest BCUT2D eigenvalue weighted by Gasteiger charge is 2.32. The van der Waals surface area contributed by atoms with Crippen molar-refractivity contribution in [2.45, 2.75) is 64.5 Å². The summed E-state index contributed by atoms with van der Waals surface area (Å²) in [5, 5.41) is 9.46. The van der Waals surface area contributed by atoms with E-state index in [2.05, 4.69) is 34.2 Å². The smallest absolute Gasteiger partial charge is 0.272 e. The van der Waals surface area contributed by atoms with Gasteiger partial charge in [-0.15, -0.1) is 11.3 Å². The van der Waals surface area contributed by atoms with Crippen LogP contribution < -0.4 is 10.1 Å². The molecule has 10 heteroatoms. The van der Waals surface area contributed by atoms with Crippen molar-refractivity contribution in [3.63, 3.8) is 0 Å². The largest absolute Gasteiger partial charge is 0.474 e. The highest BCUT2D eigenvalue weighted by molar-refractivity contribution is 7.16. The lowest BCUT2D eigenvalue weighted by atomic mass is 10.0. The Bertz CT molecular complexity index is 1170. The molecule has 2 aliphatic rings. The third-order valence-corrected chi connectivity index (χ3v) is 7.46. The maximum Gasteiger partial charge on any atom is 0.272 e. The molecule has 34 heavy (non-hydrogen) atoms. The van der Waals surface area contributed by atoms with Crippen molar-refractivity contribution in [1.29, 1.82) is 0 Å². The van der Waals surface area contributed by atoms with Gasteiger partial charge in [-0.2, -0.15) is 10.1 Å². The zero-order chi connectivity index (χ0) is 23.7. The summed E-state index contributed by atoms with van der Waals surface area (Å²) in [6, 6.07) is 1.78. The van der Waals surface area contributed by atoms with Gasteiger partial charge < -0.3 is 15.0 Å². The first-order chi connectivity index (χ1) is 16.6. The summed E-state index contributed by atoms with van der Waals surface area (Å²) in [6.07, 6.45) is 8.81. The van der Waals surface area contributed by atoms with Crippen LogP contribution in [0.3, 0.4) is 0 Å². The van der Waals surface area contributed by atoms with Gasteiger partial charge in [0.15, 0.2) is 5.82 Å². The number of amides is 2. The number of hydrogen-bond donors (Lipinski definition) is 1. The van der Waals surface area contributed by atoms with E-state index in [1.54, 1.807) is 28.1 Å². The first kappa shape index (κ1) is 22.8. The quantitative estimate of drug-likeness (QED) is 0.527. The van der Waals surface area contributed by atoms with Gasteiger partial charge in [-0.25, -0.2) is 9.50 Å². The molecular formula is C24H30N6O3S. The van der Waals surface area contributed by atoms with E-state index in [-0.39, 0.29) is 29.9 Å². The lowest BCUT2D eigenvalue weighted by Crippen LogP contribution is -2.47. The van der Waals surface area contributed by atoms with Crippen LogP contribution in [0, 0.1) is 5.92 Å². The number of aromatic nitrogens is 4. The summed E-state index contributed by atoms with van der Waals surface area (Å²) in [6.45, 7) is 5.31. The molecule has 1 aliphatic heterocycles. The van der Waals surface area contributed by atoms with Crippen LogP contribution in [0.15, 0.2) is 23.8 Å². The highest BCUT2D eigenvalue weighted by Crippen LogP contribution is 2.30. The molecule has 3 aromatic heterocycles. The van der Waals surface area contributed by atoms with Crippen molar-refractivity contribution < 1.29 is 14.3 Å². The van der Waals surface area contributed by atoms with Crippen LogP contribution in [0.25, 0.3) is 16.2 Å². The molecule has 2 fully saturated rings. The Balaban J connectivity index is 1.37. The van der Waals surface area contributed by atoms with E-state index in [1.807, 2.05) is 16.5 Å². The van der Waals surface area contributed by atoms with Gasteiger partial charge in [0.2, 0.25) is 11.8 Å². The van der Waals surface area contributed by atoms with Crippen LogP contribution in [-0.4, -0.2) is 61.5 Å². The third kappa shape index (κ3) is 4.77. The molecular weight excluding hydrogens is 452 g/mol. The minimum absolute atomic E-state index is 0.0189. The van der Waals surface area contributed by atoms with Crippen molar-refractivity contribution in [3.8, 4) is 17.3 Å². The van der Waals surface area contributed by atoms with Crippen LogP contribution in [0.2, 0.25) is 0 Å². The standard InChI is InChI=1S/C24H30N6O3S/c1-3-17(4-2)33-20-13-19(27-21(28-20)18-14-25-30-11-12-34-24(18)30)23(32)29-9-7-16(8-10-29)26-22(31)15-5-6-15/h11-17H,3-10H2,1-2H3,(H,26,31). The van der Waals surface area contributed by atoms with Crippen LogP contribution in [0.1, 0.15) is 62.9 Å². The summed E-state index contributed by atoms with van der Waals surface area (Å²) in [7, 11) is 0. The minimum Gasteiger partial charge on any atom is -0.474 e. The number of nitrogens with one attached hydrogen (secondary N) is 1. The second kappa shape index (κ2) is 9.69. The van der Waals surface area contributed by atoms with E-state index < -0.39 is 0 Å². The Morgan fingerprint density at radius 2 is 1.94 bits per heavy atom. The van der Waals surface area contributed by atoms with E-state index >= 15 is 0 Å². The summed E-state index contributed by atoms with van der Waals surface area (Å²) >= 11 is 1.55. The van der Waals surface area contributed by atoms with Crippen molar-refractivity contribution in [2.24, 2.45) is 5.92 Å². The normalized spacial score (nSPS) is 16.9. The second-order valence-corrected chi connectivity index (χ2v) is 9.93. The molecule has 5 rings (SSSR count). The van der Waals surface area contributed by atoms with Crippen LogP contribution >= 0.6 is 11.3 Å². The number of rotatable bonds is 8. The minimum atomic E-state index is -0.139. The van der Waals surface area contributed by atoms with E-state index in [4.69, 9.17) is 4.74 Å². The SMILES string of the molecule is CCC(CC)Oc1cc(C(=O)N2CCC(NC(=O)C3CC3)CC2)nc(-c2cnn3ccsc23)n1. The Morgan fingerprint density at radius 3 is 2.65 bits per heavy atom. The lowest BCUT2D eigenvalue weighted by molar-refractivity contribution is -0.123. The van der Waals surface area contributed by atoms with Crippen LogP contribution in [0.4, 0.5) is 0 Å². The van der Waals surface area contributed by atoms with Crippen molar-refractivity contribution in [1.82, 2.24) is 29.8 Å². The molecule has 0 radical (unpaired) electrons. The van der Waals surface area contributed by atoms with Gasteiger partial charge in [-0.3, -0.25) is 9.59 Å². The topological polar surface area (TPSA) is 102 Å². The molecule has 1 aliphatic carbocycles.